The molecule has 0 saturated carbocycles. The minimum absolute atomic E-state index is 0.217. The summed E-state index contributed by atoms with van der Waals surface area (Å²) in [4.78, 5) is 25.4. The lowest BCUT2D eigenvalue weighted by molar-refractivity contribution is -0.141. The van der Waals surface area contributed by atoms with Crippen molar-refractivity contribution in [1.82, 2.24) is 4.90 Å². The maximum absolute atomic E-state index is 12.4. The summed E-state index contributed by atoms with van der Waals surface area (Å²) in [6.45, 7) is 0. The second-order valence-corrected chi connectivity index (χ2v) is 6.43. The third-order valence-electron chi connectivity index (χ3n) is 5.31. The fourth-order valence-corrected chi connectivity index (χ4v) is 4.05. The summed E-state index contributed by atoms with van der Waals surface area (Å²) in [6, 6.07) is 5.69. The number of benzene rings is 1. The van der Waals surface area contributed by atoms with E-state index in [0.717, 1.165) is 24.8 Å². The summed E-state index contributed by atoms with van der Waals surface area (Å²) < 4.78 is 0. The number of amides is 1. The summed E-state index contributed by atoms with van der Waals surface area (Å²) in [6.07, 6.45) is 6.60. The first-order valence-electron chi connectivity index (χ1n) is 7.36. The Labute approximate surface area is 123 Å². The van der Waals surface area contributed by atoms with Gasteiger partial charge in [-0.2, -0.15) is 0 Å². The van der Waals surface area contributed by atoms with E-state index in [4.69, 9.17) is 5.11 Å². The van der Waals surface area contributed by atoms with Crippen molar-refractivity contribution in [3.05, 3.63) is 47.0 Å². The van der Waals surface area contributed by atoms with Crippen LogP contribution in [0.3, 0.4) is 0 Å². The number of likely N-dealkylation sites (N-methyl/N-ethyl adjacent to an activating group) is 1. The number of rotatable bonds is 1. The molecule has 1 N–H and O–H groups in total. The average Bonchev–Trinajstić information content (AvgIpc) is 3.25. The zero-order valence-corrected chi connectivity index (χ0v) is 11.9. The number of fused-ring (bicyclic) bond motifs is 3. The second-order valence-electron chi connectivity index (χ2n) is 6.43. The number of likely N-dealkylation sites (tertiary alicyclic amines) is 1. The maximum Gasteiger partial charge on any atom is 0.335 e. The van der Waals surface area contributed by atoms with E-state index < -0.39 is 5.97 Å². The number of hydrogen-bond donors (Lipinski definition) is 1. The Bertz CT molecular complexity index is 685. The first-order valence-corrected chi connectivity index (χ1v) is 7.36. The summed E-state index contributed by atoms with van der Waals surface area (Å²) in [5.74, 6) is -0.347. The van der Waals surface area contributed by atoms with Crippen molar-refractivity contribution in [3.8, 4) is 0 Å². The van der Waals surface area contributed by atoms with Gasteiger partial charge in [-0.3, -0.25) is 4.79 Å². The number of aryl methyl sites for hydroxylation is 1. The Balaban J connectivity index is 1.75. The highest BCUT2D eigenvalue weighted by atomic mass is 16.4. The van der Waals surface area contributed by atoms with E-state index in [1.807, 2.05) is 30.2 Å². The zero-order valence-electron chi connectivity index (χ0n) is 11.9. The minimum atomic E-state index is -0.879. The number of carboxylic acids is 1. The molecule has 108 valence electrons. The minimum Gasteiger partial charge on any atom is -0.478 e. The third-order valence-corrected chi connectivity index (χ3v) is 5.31. The number of carboxylic acid groups (broad SMARTS) is 1. The SMILES string of the molecule is CN1C(=O)C2(C=C2)C[C@H]2c3ccc(C(=O)O)cc3CC[C@@H]21. The van der Waals surface area contributed by atoms with Gasteiger partial charge in [0.15, 0.2) is 0 Å². The van der Waals surface area contributed by atoms with Crippen LogP contribution in [0.5, 0.6) is 0 Å². The van der Waals surface area contributed by atoms with E-state index in [1.54, 1.807) is 12.1 Å². The Morgan fingerprint density at radius 1 is 1.38 bits per heavy atom. The van der Waals surface area contributed by atoms with Crippen molar-refractivity contribution in [2.24, 2.45) is 5.41 Å². The van der Waals surface area contributed by atoms with Gasteiger partial charge >= 0.3 is 5.97 Å². The molecule has 1 aromatic carbocycles. The highest BCUT2D eigenvalue weighted by molar-refractivity contribution is 5.92. The van der Waals surface area contributed by atoms with Gasteiger partial charge in [0.2, 0.25) is 5.91 Å². The standard InChI is InChI=1S/C17H17NO3/c1-18-14-5-3-10-8-11(15(19)20)2-4-12(10)13(14)9-17(6-7-17)16(18)21/h2,4,6-8,13-14H,3,5,9H2,1H3,(H,19,20)/t13-,14-/m0/s1. The Kier molecular flexibility index (Phi) is 2.39. The van der Waals surface area contributed by atoms with E-state index in [1.165, 1.54) is 5.56 Å². The van der Waals surface area contributed by atoms with Gasteiger partial charge in [-0.05, 0) is 42.5 Å². The fraction of sp³-hybridized carbons (Fsp3) is 0.412. The lowest BCUT2D eigenvalue weighted by atomic mass is 9.69. The molecule has 1 aliphatic heterocycles. The van der Waals surface area contributed by atoms with Crippen molar-refractivity contribution in [2.75, 3.05) is 7.05 Å². The number of carbonyl (C=O) groups excluding carboxylic acids is 1. The molecule has 0 radical (unpaired) electrons. The van der Waals surface area contributed by atoms with Crippen LogP contribution in [0.2, 0.25) is 0 Å². The molecule has 3 aliphatic rings. The van der Waals surface area contributed by atoms with Crippen molar-refractivity contribution in [2.45, 2.75) is 31.2 Å². The van der Waals surface area contributed by atoms with Crippen LogP contribution in [0.1, 0.15) is 40.2 Å². The van der Waals surface area contributed by atoms with Gasteiger partial charge in [-0.15, -0.1) is 0 Å². The molecule has 1 aromatic rings. The van der Waals surface area contributed by atoms with Crippen LogP contribution in [0.4, 0.5) is 0 Å². The summed E-state index contributed by atoms with van der Waals surface area (Å²) >= 11 is 0. The maximum atomic E-state index is 12.4. The molecule has 4 heteroatoms. The highest BCUT2D eigenvalue weighted by Gasteiger charge is 2.53. The zero-order chi connectivity index (χ0) is 14.8. The molecule has 4 nitrogen and oxygen atoms in total. The first kappa shape index (κ1) is 12.6. The van der Waals surface area contributed by atoms with E-state index in [2.05, 4.69) is 0 Å². The third kappa shape index (κ3) is 1.68. The molecule has 1 heterocycles. The lowest BCUT2D eigenvalue weighted by Crippen LogP contribution is -2.52. The fourth-order valence-electron chi connectivity index (χ4n) is 4.05. The van der Waals surface area contributed by atoms with Crippen LogP contribution >= 0.6 is 0 Å². The number of aromatic carboxylic acids is 1. The quantitative estimate of drug-likeness (QED) is 0.804. The Morgan fingerprint density at radius 2 is 2.14 bits per heavy atom. The summed E-state index contributed by atoms with van der Waals surface area (Å²) in [7, 11) is 1.90. The molecule has 4 rings (SSSR count). The molecule has 1 amide bonds. The molecule has 2 aliphatic carbocycles. The summed E-state index contributed by atoms with van der Waals surface area (Å²) in [5, 5.41) is 9.13. The number of piperidine rings is 1. The lowest BCUT2D eigenvalue weighted by Gasteiger charge is -2.46. The van der Waals surface area contributed by atoms with Gasteiger partial charge in [0.1, 0.15) is 0 Å². The van der Waals surface area contributed by atoms with Crippen LogP contribution in [0.15, 0.2) is 30.4 Å². The Hall–Kier alpha value is -2.10. The van der Waals surface area contributed by atoms with Crippen LogP contribution in [-0.4, -0.2) is 35.0 Å². The van der Waals surface area contributed by atoms with Crippen LogP contribution < -0.4 is 0 Å². The second kappa shape index (κ2) is 3.97. The molecular weight excluding hydrogens is 266 g/mol. The molecular formula is C17H17NO3. The predicted molar refractivity (Wildman–Crippen MR) is 77.2 cm³/mol. The largest absolute Gasteiger partial charge is 0.478 e. The molecule has 1 saturated heterocycles. The number of nitrogens with zero attached hydrogens (tertiary/aromatic N) is 1. The molecule has 1 fully saturated rings. The smallest absolute Gasteiger partial charge is 0.335 e. The van der Waals surface area contributed by atoms with E-state index in [0.29, 0.717) is 11.5 Å². The van der Waals surface area contributed by atoms with Crippen LogP contribution in [-0.2, 0) is 11.2 Å². The molecule has 0 aromatic heterocycles. The average molecular weight is 283 g/mol. The number of carbonyl (C=O) groups is 2. The topological polar surface area (TPSA) is 57.6 Å². The number of hydrogen-bond acceptors (Lipinski definition) is 2. The molecule has 2 atom stereocenters. The normalized spacial score (nSPS) is 28.2. The Morgan fingerprint density at radius 3 is 2.81 bits per heavy atom. The van der Waals surface area contributed by atoms with Crippen molar-refractivity contribution < 1.29 is 14.7 Å². The molecule has 0 bridgehead atoms. The van der Waals surface area contributed by atoms with Gasteiger partial charge in [-0.25, -0.2) is 4.79 Å². The molecule has 21 heavy (non-hydrogen) atoms. The van der Waals surface area contributed by atoms with E-state index in [-0.39, 0.29) is 17.4 Å². The van der Waals surface area contributed by atoms with Crippen molar-refractivity contribution in [1.29, 1.82) is 0 Å². The van der Waals surface area contributed by atoms with Gasteiger partial charge in [-0.1, -0.05) is 18.2 Å². The molecule has 0 unspecified atom stereocenters. The van der Waals surface area contributed by atoms with Gasteiger partial charge in [0.25, 0.3) is 0 Å². The highest BCUT2D eigenvalue weighted by Crippen LogP contribution is 2.53. The summed E-state index contributed by atoms with van der Waals surface area (Å²) in [5.41, 5.74) is 2.36. The predicted octanol–water partition coefficient (Wildman–Crippen LogP) is 2.20. The monoisotopic (exact) mass is 283 g/mol. The van der Waals surface area contributed by atoms with Gasteiger partial charge < -0.3 is 10.0 Å². The van der Waals surface area contributed by atoms with Gasteiger partial charge in [0.05, 0.1) is 11.0 Å². The van der Waals surface area contributed by atoms with Crippen molar-refractivity contribution in [3.63, 3.8) is 0 Å². The van der Waals surface area contributed by atoms with Crippen molar-refractivity contribution >= 4 is 11.9 Å². The van der Waals surface area contributed by atoms with Gasteiger partial charge in [0, 0.05) is 19.0 Å². The molecule has 1 spiro atoms. The van der Waals surface area contributed by atoms with Crippen LogP contribution in [0.25, 0.3) is 0 Å². The van der Waals surface area contributed by atoms with Crippen LogP contribution in [0, 0.1) is 5.41 Å². The first-order chi connectivity index (χ1) is 10.0. The van der Waals surface area contributed by atoms with E-state index in [9.17, 15) is 9.59 Å². The van der Waals surface area contributed by atoms with E-state index >= 15 is 0 Å².